The van der Waals surface area contributed by atoms with Crippen LogP contribution < -0.4 is 10.9 Å². The second kappa shape index (κ2) is 4.84. The van der Waals surface area contributed by atoms with E-state index >= 15 is 0 Å². The normalized spacial score (nSPS) is 9.69. The number of hydrogen-bond donors (Lipinski definition) is 1. The van der Waals surface area contributed by atoms with Gasteiger partial charge in [-0.25, -0.2) is 15.6 Å². The average molecular weight is 200 g/mol. The van der Waals surface area contributed by atoms with Gasteiger partial charge in [0.25, 0.3) is 0 Å². The van der Waals surface area contributed by atoms with E-state index in [0.29, 0.717) is 11.6 Å². The van der Waals surface area contributed by atoms with Gasteiger partial charge in [-0.1, -0.05) is 6.92 Å². The van der Waals surface area contributed by atoms with Crippen LogP contribution in [0.4, 0.5) is 9.80 Å². The van der Waals surface area contributed by atoms with Gasteiger partial charge in [0.1, 0.15) is 5.00 Å². The van der Waals surface area contributed by atoms with E-state index in [1.165, 1.54) is 11.3 Å². The lowest BCUT2D eigenvalue weighted by atomic mass is 10.5. The molecule has 0 fully saturated rings. The molecule has 13 heavy (non-hydrogen) atoms. The predicted molar refractivity (Wildman–Crippen MR) is 52.6 cm³/mol. The van der Waals surface area contributed by atoms with Crippen LogP contribution in [0.3, 0.4) is 0 Å². The monoisotopic (exact) mass is 200 g/mol. The van der Waals surface area contributed by atoms with Crippen molar-refractivity contribution >= 4 is 22.4 Å². The third-order valence-corrected chi connectivity index (χ3v) is 2.24. The Kier molecular flexibility index (Phi) is 3.72. The predicted octanol–water partition coefficient (Wildman–Crippen LogP) is 1.97. The molecule has 5 heteroatoms. The van der Waals surface area contributed by atoms with E-state index in [1.54, 1.807) is 6.07 Å². The van der Waals surface area contributed by atoms with E-state index in [1.807, 2.05) is 18.4 Å². The van der Waals surface area contributed by atoms with Gasteiger partial charge >= 0.3 is 6.09 Å². The van der Waals surface area contributed by atoms with Gasteiger partial charge in [-0.2, -0.15) is 0 Å². The molecular weight excluding hydrogens is 188 g/mol. The molecule has 1 heterocycles. The minimum absolute atomic E-state index is 0.401. The molecule has 0 aliphatic rings. The number of thiophene rings is 1. The molecule has 1 aromatic rings. The van der Waals surface area contributed by atoms with Gasteiger partial charge in [0.05, 0.1) is 6.61 Å². The van der Waals surface area contributed by atoms with Crippen LogP contribution in [-0.2, 0) is 4.74 Å². The van der Waals surface area contributed by atoms with Crippen molar-refractivity contribution in [2.45, 2.75) is 13.3 Å². The molecule has 0 atom stereocenters. The van der Waals surface area contributed by atoms with Crippen molar-refractivity contribution in [3.63, 3.8) is 0 Å². The van der Waals surface area contributed by atoms with Gasteiger partial charge < -0.3 is 4.74 Å². The average Bonchev–Trinajstić information content (AvgIpc) is 2.65. The number of nitrogens with two attached hydrogens (primary N) is 1. The summed E-state index contributed by atoms with van der Waals surface area (Å²) in [7, 11) is 0. The molecule has 0 saturated carbocycles. The summed E-state index contributed by atoms with van der Waals surface area (Å²) in [6, 6.07) is 3.59. The number of rotatable bonds is 3. The molecule has 0 aromatic carbocycles. The molecule has 1 rings (SSSR count). The van der Waals surface area contributed by atoms with Gasteiger partial charge in [-0.15, -0.1) is 11.3 Å². The summed E-state index contributed by atoms with van der Waals surface area (Å²) in [4.78, 5) is 11.2. The Morgan fingerprint density at radius 2 is 2.54 bits per heavy atom. The topological polar surface area (TPSA) is 55.6 Å². The van der Waals surface area contributed by atoms with E-state index in [-0.39, 0.29) is 0 Å². The summed E-state index contributed by atoms with van der Waals surface area (Å²) in [5.74, 6) is 5.49. The molecule has 0 aliphatic heterocycles. The molecule has 1 aromatic heterocycles. The van der Waals surface area contributed by atoms with Crippen LogP contribution in [-0.4, -0.2) is 12.7 Å². The SMILES string of the molecule is CCCOC(=O)N(N)c1cccs1. The summed E-state index contributed by atoms with van der Waals surface area (Å²) in [5.41, 5.74) is 0. The maximum absolute atomic E-state index is 11.2. The smallest absolute Gasteiger partial charge is 0.429 e. The molecule has 4 nitrogen and oxygen atoms in total. The summed E-state index contributed by atoms with van der Waals surface area (Å²) < 4.78 is 4.85. The van der Waals surface area contributed by atoms with E-state index < -0.39 is 6.09 Å². The van der Waals surface area contributed by atoms with Crippen molar-refractivity contribution in [3.8, 4) is 0 Å². The van der Waals surface area contributed by atoms with Crippen molar-refractivity contribution < 1.29 is 9.53 Å². The highest BCUT2D eigenvalue weighted by molar-refractivity contribution is 7.14. The third-order valence-electron chi connectivity index (χ3n) is 1.37. The first-order valence-corrected chi connectivity index (χ1v) is 4.88. The molecule has 1 amide bonds. The largest absolute Gasteiger partial charge is 0.448 e. The molecular formula is C8H12N2O2S. The number of ether oxygens (including phenoxy) is 1. The van der Waals surface area contributed by atoms with E-state index in [9.17, 15) is 4.79 Å². The van der Waals surface area contributed by atoms with Crippen molar-refractivity contribution in [3.05, 3.63) is 17.5 Å². The molecule has 0 saturated heterocycles. The van der Waals surface area contributed by atoms with Crippen LogP contribution in [0, 0.1) is 0 Å². The second-order valence-corrected chi connectivity index (χ2v) is 3.36. The van der Waals surface area contributed by atoms with Crippen molar-refractivity contribution in [2.75, 3.05) is 11.6 Å². The lowest BCUT2D eigenvalue weighted by Gasteiger charge is -2.13. The Labute approximate surface area is 80.9 Å². The highest BCUT2D eigenvalue weighted by Crippen LogP contribution is 2.18. The lowest BCUT2D eigenvalue weighted by molar-refractivity contribution is 0.154. The Balaban J connectivity index is 2.48. The van der Waals surface area contributed by atoms with Crippen LogP contribution in [0.5, 0.6) is 0 Å². The Morgan fingerprint density at radius 3 is 3.08 bits per heavy atom. The molecule has 2 N–H and O–H groups in total. The number of amides is 1. The van der Waals surface area contributed by atoms with Gasteiger partial charge in [0, 0.05) is 0 Å². The summed E-state index contributed by atoms with van der Waals surface area (Å²) in [5, 5.41) is 3.55. The van der Waals surface area contributed by atoms with Gasteiger partial charge in [-0.3, -0.25) is 0 Å². The Morgan fingerprint density at radius 1 is 1.77 bits per heavy atom. The number of carbonyl (C=O) groups excluding carboxylic acids is 1. The molecule has 0 spiro atoms. The van der Waals surface area contributed by atoms with Crippen LogP contribution in [0.2, 0.25) is 0 Å². The lowest BCUT2D eigenvalue weighted by Crippen LogP contribution is -2.37. The van der Waals surface area contributed by atoms with Crippen LogP contribution in [0.1, 0.15) is 13.3 Å². The highest BCUT2D eigenvalue weighted by Gasteiger charge is 2.12. The second-order valence-electron chi connectivity index (χ2n) is 2.44. The molecule has 0 radical (unpaired) electrons. The fraction of sp³-hybridized carbons (Fsp3) is 0.375. The van der Waals surface area contributed by atoms with Crippen LogP contribution >= 0.6 is 11.3 Å². The van der Waals surface area contributed by atoms with Crippen LogP contribution in [0.15, 0.2) is 17.5 Å². The number of hydrazine groups is 1. The maximum Gasteiger partial charge on any atom is 0.429 e. The first-order chi connectivity index (χ1) is 6.25. The van der Waals surface area contributed by atoms with Gasteiger partial charge in [0.2, 0.25) is 0 Å². The van der Waals surface area contributed by atoms with Crippen molar-refractivity contribution in [1.29, 1.82) is 0 Å². The standard InChI is InChI=1S/C8H12N2O2S/c1-2-5-12-8(11)10(9)7-4-3-6-13-7/h3-4,6H,2,5,9H2,1H3. The zero-order valence-corrected chi connectivity index (χ0v) is 8.21. The van der Waals surface area contributed by atoms with Crippen LogP contribution in [0.25, 0.3) is 0 Å². The Hall–Kier alpha value is -1.07. The minimum atomic E-state index is -0.510. The first kappa shape index (κ1) is 10.0. The fourth-order valence-corrected chi connectivity index (χ4v) is 1.40. The Bertz CT molecular complexity index is 261. The highest BCUT2D eigenvalue weighted by atomic mass is 32.1. The minimum Gasteiger partial charge on any atom is -0.448 e. The molecule has 0 unspecified atom stereocenters. The maximum atomic E-state index is 11.2. The summed E-state index contributed by atoms with van der Waals surface area (Å²) >= 11 is 1.39. The fourth-order valence-electron chi connectivity index (χ4n) is 0.756. The molecule has 0 bridgehead atoms. The van der Waals surface area contributed by atoms with Gasteiger partial charge in [-0.05, 0) is 23.9 Å². The third kappa shape index (κ3) is 2.71. The molecule has 0 aliphatic carbocycles. The number of nitrogens with zero attached hydrogens (tertiary/aromatic N) is 1. The first-order valence-electron chi connectivity index (χ1n) is 4.00. The number of hydrogen-bond acceptors (Lipinski definition) is 4. The number of anilines is 1. The van der Waals surface area contributed by atoms with Gasteiger partial charge in [0.15, 0.2) is 0 Å². The van der Waals surface area contributed by atoms with E-state index in [0.717, 1.165) is 11.4 Å². The summed E-state index contributed by atoms with van der Waals surface area (Å²) in [6.07, 6.45) is 0.286. The van der Waals surface area contributed by atoms with E-state index in [4.69, 9.17) is 10.6 Å². The quantitative estimate of drug-likeness (QED) is 0.461. The number of carbonyl (C=O) groups is 1. The zero-order valence-electron chi connectivity index (χ0n) is 7.40. The zero-order chi connectivity index (χ0) is 9.68. The summed E-state index contributed by atoms with van der Waals surface area (Å²) in [6.45, 7) is 2.33. The van der Waals surface area contributed by atoms with E-state index in [2.05, 4.69) is 0 Å². The van der Waals surface area contributed by atoms with Crippen molar-refractivity contribution in [1.82, 2.24) is 0 Å². The molecule has 72 valence electrons. The van der Waals surface area contributed by atoms with Crippen molar-refractivity contribution in [2.24, 2.45) is 5.84 Å².